The molecule has 0 amide bonds. The van der Waals surface area contributed by atoms with Gasteiger partial charge in [-0.1, -0.05) is 17.4 Å². The zero-order chi connectivity index (χ0) is 15.9. The summed E-state index contributed by atoms with van der Waals surface area (Å²) >= 11 is 2.19. The molecule has 0 aliphatic rings. The van der Waals surface area contributed by atoms with E-state index in [1.54, 1.807) is 29.1 Å². The molecule has 3 aromatic rings. The Labute approximate surface area is 133 Å². The van der Waals surface area contributed by atoms with Crippen LogP contribution in [0.4, 0.5) is 5.69 Å². The summed E-state index contributed by atoms with van der Waals surface area (Å²) in [7, 11) is -2.09. The highest BCUT2D eigenvalue weighted by Gasteiger charge is 2.15. The van der Waals surface area contributed by atoms with Crippen molar-refractivity contribution in [1.29, 1.82) is 0 Å². The van der Waals surface area contributed by atoms with E-state index in [-0.39, 0.29) is 14.7 Å². The van der Waals surface area contributed by atoms with Gasteiger partial charge in [-0.2, -0.15) is 8.42 Å². The number of aryl methyl sites for hydroxylation is 1. The summed E-state index contributed by atoms with van der Waals surface area (Å²) < 4.78 is 30.6. The maximum atomic E-state index is 12.2. The van der Waals surface area contributed by atoms with Crippen LogP contribution >= 0.6 is 22.7 Å². The standard InChI is InChI=1S/C12H9N3O4S3/c1-14-9-5-4-8(15(16)17)7-10(9)21-12(14)13-22(18,19)11-3-2-6-20-11/h2-7H,1H3. The minimum absolute atomic E-state index is 0.0398. The summed E-state index contributed by atoms with van der Waals surface area (Å²) in [5.41, 5.74) is 0.651. The minimum Gasteiger partial charge on any atom is -0.319 e. The Balaban J connectivity index is 2.22. The van der Waals surface area contributed by atoms with E-state index in [1.807, 2.05) is 0 Å². The van der Waals surface area contributed by atoms with Crippen molar-refractivity contribution in [3.63, 3.8) is 0 Å². The Bertz CT molecular complexity index is 1030. The molecule has 7 nitrogen and oxygen atoms in total. The SMILES string of the molecule is Cn1c(=NS(=O)(=O)c2cccs2)sc2cc([N+](=O)[O-])ccc21. The predicted molar refractivity (Wildman–Crippen MR) is 84.5 cm³/mol. The van der Waals surface area contributed by atoms with E-state index in [9.17, 15) is 18.5 Å². The Morgan fingerprint density at radius 1 is 1.32 bits per heavy atom. The molecule has 114 valence electrons. The van der Waals surface area contributed by atoms with E-state index >= 15 is 0 Å². The third-order valence-electron chi connectivity index (χ3n) is 2.95. The molecule has 0 bridgehead atoms. The van der Waals surface area contributed by atoms with Gasteiger partial charge in [-0.3, -0.25) is 10.1 Å². The molecule has 0 atom stereocenters. The largest absolute Gasteiger partial charge is 0.319 e. The third kappa shape index (κ3) is 2.56. The Kier molecular flexibility index (Phi) is 3.59. The number of rotatable bonds is 3. The number of nitrogens with zero attached hydrogens (tertiary/aromatic N) is 3. The number of hydrogen-bond acceptors (Lipinski definition) is 6. The van der Waals surface area contributed by atoms with E-state index in [0.717, 1.165) is 22.7 Å². The maximum Gasteiger partial charge on any atom is 0.294 e. The highest BCUT2D eigenvalue weighted by molar-refractivity contribution is 7.92. The predicted octanol–water partition coefficient (Wildman–Crippen LogP) is 2.50. The summed E-state index contributed by atoms with van der Waals surface area (Å²) in [5.74, 6) is 0. The van der Waals surface area contributed by atoms with Crippen LogP contribution in [0.15, 0.2) is 44.3 Å². The smallest absolute Gasteiger partial charge is 0.294 e. The molecule has 0 saturated heterocycles. The van der Waals surface area contributed by atoms with Crippen molar-refractivity contribution < 1.29 is 13.3 Å². The summed E-state index contributed by atoms with van der Waals surface area (Å²) in [6, 6.07) is 7.51. The highest BCUT2D eigenvalue weighted by Crippen LogP contribution is 2.23. The molecule has 0 aliphatic carbocycles. The van der Waals surface area contributed by atoms with Crippen LogP contribution in [0.2, 0.25) is 0 Å². The number of nitro benzene ring substituents is 1. The summed E-state index contributed by atoms with van der Waals surface area (Å²) in [5, 5.41) is 12.5. The molecule has 0 radical (unpaired) electrons. The van der Waals surface area contributed by atoms with Crippen molar-refractivity contribution in [3.05, 3.63) is 50.6 Å². The molecule has 2 aromatic heterocycles. The van der Waals surface area contributed by atoms with Gasteiger partial charge in [-0.25, -0.2) is 0 Å². The zero-order valence-electron chi connectivity index (χ0n) is 11.2. The summed E-state index contributed by atoms with van der Waals surface area (Å²) in [6.45, 7) is 0. The van der Waals surface area contributed by atoms with Gasteiger partial charge in [0.05, 0.1) is 15.1 Å². The van der Waals surface area contributed by atoms with Crippen LogP contribution in [0.5, 0.6) is 0 Å². The molecule has 2 heterocycles. The molecule has 0 saturated carbocycles. The van der Waals surface area contributed by atoms with E-state index in [1.165, 1.54) is 18.2 Å². The number of fused-ring (bicyclic) bond motifs is 1. The van der Waals surface area contributed by atoms with Crippen molar-refractivity contribution in [3.8, 4) is 0 Å². The van der Waals surface area contributed by atoms with Gasteiger partial charge in [-0.05, 0) is 17.5 Å². The van der Waals surface area contributed by atoms with Crippen molar-refractivity contribution in [2.45, 2.75) is 4.21 Å². The Morgan fingerprint density at radius 3 is 2.73 bits per heavy atom. The van der Waals surface area contributed by atoms with Crippen LogP contribution in [0.1, 0.15) is 0 Å². The fourth-order valence-electron chi connectivity index (χ4n) is 1.88. The van der Waals surface area contributed by atoms with Crippen molar-refractivity contribution in [1.82, 2.24) is 4.57 Å². The molecule has 0 spiro atoms. The fraction of sp³-hybridized carbons (Fsp3) is 0.0833. The highest BCUT2D eigenvalue weighted by atomic mass is 32.2. The molecule has 0 fully saturated rings. The van der Waals surface area contributed by atoms with Crippen LogP contribution in [0.3, 0.4) is 0 Å². The normalized spacial score (nSPS) is 12.9. The average Bonchev–Trinajstić information content (AvgIpc) is 3.08. The van der Waals surface area contributed by atoms with Gasteiger partial charge < -0.3 is 4.57 Å². The third-order valence-corrected chi connectivity index (χ3v) is 6.80. The quantitative estimate of drug-likeness (QED) is 0.533. The van der Waals surface area contributed by atoms with Gasteiger partial charge in [-0.15, -0.1) is 15.7 Å². The lowest BCUT2D eigenvalue weighted by atomic mass is 10.3. The molecule has 3 rings (SSSR count). The molecule has 0 N–H and O–H groups in total. The van der Waals surface area contributed by atoms with Gasteiger partial charge in [0.25, 0.3) is 15.7 Å². The van der Waals surface area contributed by atoms with Gasteiger partial charge >= 0.3 is 0 Å². The number of benzene rings is 1. The number of hydrogen-bond donors (Lipinski definition) is 0. The first-order valence-electron chi connectivity index (χ1n) is 5.97. The minimum atomic E-state index is -3.77. The van der Waals surface area contributed by atoms with E-state index in [2.05, 4.69) is 4.40 Å². The van der Waals surface area contributed by atoms with Gasteiger partial charge in [0.15, 0.2) is 0 Å². The van der Waals surface area contributed by atoms with Crippen LogP contribution in [-0.2, 0) is 17.1 Å². The Morgan fingerprint density at radius 2 is 2.09 bits per heavy atom. The van der Waals surface area contributed by atoms with Gasteiger partial charge in [0.2, 0.25) is 4.80 Å². The van der Waals surface area contributed by atoms with Crippen molar-refractivity contribution in [2.24, 2.45) is 11.4 Å². The number of non-ortho nitro benzene ring substituents is 1. The topological polar surface area (TPSA) is 94.6 Å². The second-order valence-corrected chi connectivity index (χ2v) is 8.14. The van der Waals surface area contributed by atoms with Crippen LogP contribution in [0.25, 0.3) is 10.2 Å². The average molecular weight is 355 g/mol. The lowest BCUT2D eigenvalue weighted by Gasteiger charge is -1.96. The Hall–Kier alpha value is -2.04. The monoisotopic (exact) mass is 355 g/mol. The first-order chi connectivity index (χ1) is 10.4. The van der Waals surface area contributed by atoms with Crippen LogP contribution in [-0.4, -0.2) is 17.9 Å². The summed E-state index contributed by atoms with van der Waals surface area (Å²) in [6.07, 6.45) is 0. The number of thiophene rings is 1. The van der Waals surface area contributed by atoms with E-state index < -0.39 is 14.9 Å². The number of aromatic nitrogens is 1. The molecule has 1 aromatic carbocycles. The number of thiazole rings is 1. The molecule has 0 aliphatic heterocycles. The second-order valence-electron chi connectivity index (χ2n) is 4.35. The molecular formula is C12H9N3O4S3. The van der Waals surface area contributed by atoms with E-state index in [4.69, 9.17) is 0 Å². The zero-order valence-corrected chi connectivity index (χ0v) is 13.6. The fourth-order valence-corrected chi connectivity index (χ4v) is 5.13. The van der Waals surface area contributed by atoms with Crippen molar-refractivity contribution >= 4 is 48.6 Å². The maximum absolute atomic E-state index is 12.2. The van der Waals surface area contributed by atoms with Crippen LogP contribution in [0, 0.1) is 10.1 Å². The van der Waals surface area contributed by atoms with Gasteiger partial charge in [0.1, 0.15) is 4.21 Å². The van der Waals surface area contributed by atoms with Crippen LogP contribution < -0.4 is 4.80 Å². The van der Waals surface area contributed by atoms with Crippen molar-refractivity contribution in [2.75, 3.05) is 0 Å². The first kappa shape index (κ1) is 14.9. The first-order valence-corrected chi connectivity index (χ1v) is 9.10. The number of nitro groups is 1. The van der Waals surface area contributed by atoms with E-state index in [0.29, 0.717) is 10.2 Å². The summed E-state index contributed by atoms with van der Waals surface area (Å²) in [4.78, 5) is 10.6. The molecule has 0 unspecified atom stereocenters. The molecular weight excluding hydrogens is 346 g/mol. The molecule has 10 heteroatoms. The van der Waals surface area contributed by atoms with Gasteiger partial charge in [0, 0.05) is 19.2 Å². The lowest BCUT2D eigenvalue weighted by molar-refractivity contribution is -0.384. The lowest BCUT2D eigenvalue weighted by Crippen LogP contribution is -2.13. The number of sulfonamides is 1. The second kappa shape index (κ2) is 5.30. The molecule has 22 heavy (non-hydrogen) atoms.